The average Bonchev–Trinajstić information content (AvgIpc) is 2.76. The van der Waals surface area contributed by atoms with Crippen LogP contribution in [0.3, 0.4) is 0 Å². The molecule has 1 unspecified atom stereocenters. The van der Waals surface area contributed by atoms with E-state index in [-0.39, 0.29) is 0 Å². The number of rotatable bonds is 6. The van der Waals surface area contributed by atoms with E-state index in [0.717, 1.165) is 24.4 Å². The Balaban J connectivity index is 2.06. The molecule has 1 aromatic carbocycles. The molecule has 20 heavy (non-hydrogen) atoms. The fraction of sp³-hybridized carbons (Fsp3) is 0.438. The van der Waals surface area contributed by atoms with E-state index in [2.05, 4.69) is 36.4 Å². The fourth-order valence-electron chi connectivity index (χ4n) is 2.32. The number of aryl methyl sites for hydroxylation is 1. The van der Waals surface area contributed by atoms with Crippen LogP contribution in [0, 0.1) is 6.92 Å². The van der Waals surface area contributed by atoms with Gasteiger partial charge in [-0.2, -0.15) is 5.10 Å². The largest absolute Gasteiger partial charge is 0.306 e. The molecule has 1 N–H and O–H groups in total. The lowest BCUT2D eigenvalue weighted by Crippen LogP contribution is -2.21. The first-order chi connectivity index (χ1) is 9.61. The zero-order valence-corrected chi connectivity index (χ0v) is 13.1. The molecule has 4 heteroatoms. The minimum atomic E-state index is 0.358. The molecule has 1 aromatic heterocycles. The van der Waals surface area contributed by atoms with Crippen LogP contribution in [0.1, 0.15) is 42.6 Å². The summed E-state index contributed by atoms with van der Waals surface area (Å²) in [6, 6.07) is 8.47. The highest BCUT2D eigenvalue weighted by Gasteiger charge is 2.11. The van der Waals surface area contributed by atoms with E-state index < -0.39 is 0 Å². The fourth-order valence-corrected chi connectivity index (χ4v) is 2.45. The van der Waals surface area contributed by atoms with E-state index in [4.69, 9.17) is 11.6 Å². The molecule has 108 valence electrons. The van der Waals surface area contributed by atoms with Crippen molar-refractivity contribution >= 4 is 11.6 Å². The van der Waals surface area contributed by atoms with Gasteiger partial charge in [0.15, 0.2) is 0 Å². The van der Waals surface area contributed by atoms with Crippen LogP contribution in [-0.4, -0.2) is 9.78 Å². The summed E-state index contributed by atoms with van der Waals surface area (Å²) in [6.45, 7) is 5.15. The molecule has 0 aliphatic carbocycles. The van der Waals surface area contributed by atoms with Gasteiger partial charge in [0.2, 0.25) is 0 Å². The van der Waals surface area contributed by atoms with Crippen molar-refractivity contribution in [2.45, 2.75) is 39.3 Å². The van der Waals surface area contributed by atoms with Gasteiger partial charge in [0.25, 0.3) is 0 Å². The van der Waals surface area contributed by atoms with E-state index in [0.29, 0.717) is 6.04 Å². The van der Waals surface area contributed by atoms with Gasteiger partial charge in [-0.25, -0.2) is 0 Å². The van der Waals surface area contributed by atoms with Crippen molar-refractivity contribution in [3.05, 3.63) is 52.3 Å². The standard InChI is InChI=1S/C16H22ClN3/c1-4-5-16(13-6-8-15(17)9-7-13)18-10-14-11-19-20(3)12(14)2/h6-9,11,16,18H,4-5,10H2,1-3H3. The normalized spacial score (nSPS) is 12.6. The second-order valence-corrected chi connectivity index (χ2v) is 5.59. The lowest BCUT2D eigenvalue weighted by molar-refractivity contribution is 0.492. The number of aromatic nitrogens is 2. The van der Waals surface area contributed by atoms with E-state index in [1.165, 1.54) is 16.8 Å². The Hall–Kier alpha value is -1.32. The molecule has 0 fully saturated rings. The molecule has 1 heterocycles. The molecule has 0 radical (unpaired) electrons. The molecule has 2 rings (SSSR count). The number of benzene rings is 1. The van der Waals surface area contributed by atoms with Gasteiger partial charge < -0.3 is 5.32 Å². The minimum Gasteiger partial charge on any atom is -0.306 e. The van der Waals surface area contributed by atoms with Gasteiger partial charge >= 0.3 is 0 Å². The van der Waals surface area contributed by atoms with Crippen LogP contribution in [0.2, 0.25) is 5.02 Å². The third-order valence-electron chi connectivity index (χ3n) is 3.73. The van der Waals surface area contributed by atoms with Crippen molar-refractivity contribution in [1.29, 1.82) is 0 Å². The van der Waals surface area contributed by atoms with Crippen LogP contribution >= 0.6 is 11.6 Å². The molecular weight excluding hydrogens is 270 g/mol. The van der Waals surface area contributed by atoms with E-state index >= 15 is 0 Å². The van der Waals surface area contributed by atoms with Crippen molar-refractivity contribution in [2.75, 3.05) is 0 Å². The summed E-state index contributed by atoms with van der Waals surface area (Å²) in [4.78, 5) is 0. The maximum Gasteiger partial charge on any atom is 0.0537 e. The topological polar surface area (TPSA) is 29.9 Å². The number of nitrogens with one attached hydrogen (secondary N) is 1. The molecule has 0 aliphatic heterocycles. The first kappa shape index (κ1) is 15.1. The highest BCUT2D eigenvalue weighted by Crippen LogP contribution is 2.21. The third-order valence-corrected chi connectivity index (χ3v) is 3.98. The average molecular weight is 292 g/mol. The number of halogens is 1. The van der Waals surface area contributed by atoms with Crippen molar-refractivity contribution in [3.63, 3.8) is 0 Å². The summed E-state index contributed by atoms with van der Waals surface area (Å²) in [6.07, 6.45) is 4.19. The van der Waals surface area contributed by atoms with Gasteiger partial charge in [0.1, 0.15) is 0 Å². The minimum absolute atomic E-state index is 0.358. The van der Waals surface area contributed by atoms with Crippen molar-refractivity contribution in [2.24, 2.45) is 7.05 Å². The molecule has 2 aromatic rings. The molecule has 3 nitrogen and oxygen atoms in total. The summed E-state index contributed by atoms with van der Waals surface area (Å²) >= 11 is 5.96. The lowest BCUT2D eigenvalue weighted by atomic mass is 10.0. The van der Waals surface area contributed by atoms with Crippen molar-refractivity contribution in [3.8, 4) is 0 Å². The third kappa shape index (κ3) is 3.62. The second kappa shape index (κ2) is 6.91. The van der Waals surface area contributed by atoms with Crippen LogP contribution in [0.25, 0.3) is 0 Å². The first-order valence-electron chi connectivity index (χ1n) is 7.08. The Kier molecular flexibility index (Phi) is 5.21. The predicted octanol–water partition coefficient (Wildman–Crippen LogP) is 4.01. The number of hydrogen-bond acceptors (Lipinski definition) is 2. The lowest BCUT2D eigenvalue weighted by Gasteiger charge is -2.18. The van der Waals surface area contributed by atoms with Gasteiger partial charge in [0.05, 0.1) is 6.20 Å². The molecule has 0 saturated carbocycles. The van der Waals surface area contributed by atoms with Gasteiger partial charge in [-0.3, -0.25) is 4.68 Å². The summed E-state index contributed by atoms with van der Waals surface area (Å²) < 4.78 is 1.91. The Morgan fingerprint density at radius 2 is 2.00 bits per heavy atom. The van der Waals surface area contributed by atoms with Crippen molar-refractivity contribution < 1.29 is 0 Å². The second-order valence-electron chi connectivity index (χ2n) is 5.15. The van der Waals surface area contributed by atoms with E-state index in [1.54, 1.807) is 0 Å². The maximum absolute atomic E-state index is 5.96. The molecule has 0 aliphatic rings. The molecule has 0 bridgehead atoms. The molecule has 0 spiro atoms. The zero-order chi connectivity index (χ0) is 14.5. The monoisotopic (exact) mass is 291 g/mol. The summed E-state index contributed by atoms with van der Waals surface area (Å²) in [5, 5.41) is 8.70. The van der Waals surface area contributed by atoms with Gasteiger partial charge in [-0.05, 0) is 31.0 Å². The van der Waals surface area contributed by atoms with Crippen LogP contribution in [-0.2, 0) is 13.6 Å². The summed E-state index contributed by atoms with van der Waals surface area (Å²) in [5.74, 6) is 0. The Bertz CT molecular complexity index is 545. The Labute approximate surface area is 126 Å². The Morgan fingerprint density at radius 1 is 1.30 bits per heavy atom. The van der Waals surface area contributed by atoms with Gasteiger partial charge in [0, 0.05) is 35.9 Å². The van der Waals surface area contributed by atoms with Gasteiger partial charge in [-0.1, -0.05) is 37.1 Å². The van der Waals surface area contributed by atoms with Gasteiger partial charge in [-0.15, -0.1) is 0 Å². The van der Waals surface area contributed by atoms with Crippen molar-refractivity contribution in [1.82, 2.24) is 15.1 Å². The molecule has 1 atom stereocenters. The highest BCUT2D eigenvalue weighted by molar-refractivity contribution is 6.30. The first-order valence-corrected chi connectivity index (χ1v) is 7.46. The quantitative estimate of drug-likeness (QED) is 0.871. The molecular formula is C16H22ClN3. The maximum atomic E-state index is 5.96. The van der Waals surface area contributed by atoms with Crippen LogP contribution in [0.15, 0.2) is 30.5 Å². The van der Waals surface area contributed by atoms with Crippen LogP contribution in [0.4, 0.5) is 0 Å². The molecule has 0 saturated heterocycles. The van der Waals surface area contributed by atoms with Crippen LogP contribution < -0.4 is 5.32 Å². The highest BCUT2D eigenvalue weighted by atomic mass is 35.5. The Morgan fingerprint density at radius 3 is 2.55 bits per heavy atom. The van der Waals surface area contributed by atoms with E-state index in [9.17, 15) is 0 Å². The smallest absolute Gasteiger partial charge is 0.0537 e. The SMILES string of the molecule is CCCC(NCc1cnn(C)c1C)c1ccc(Cl)cc1. The number of hydrogen-bond donors (Lipinski definition) is 1. The number of nitrogens with zero attached hydrogens (tertiary/aromatic N) is 2. The summed E-state index contributed by atoms with van der Waals surface area (Å²) in [5.41, 5.74) is 3.75. The van der Waals surface area contributed by atoms with E-state index in [1.807, 2.05) is 30.1 Å². The summed E-state index contributed by atoms with van der Waals surface area (Å²) in [7, 11) is 1.97. The zero-order valence-electron chi connectivity index (χ0n) is 12.4. The van der Waals surface area contributed by atoms with Crippen LogP contribution in [0.5, 0.6) is 0 Å². The predicted molar refractivity (Wildman–Crippen MR) is 83.9 cm³/mol. The molecule has 0 amide bonds.